The average molecular weight is 502 g/mol. The van der Waals surface area contributed by atoms with Crippen molar-refractivity contribution < 1.29 is 27.4 Å². The summed E-state index contributed by atoms with van der Waals surface area (Å²) < 4.78 is 46.7. The molecule has 1 aliphatic carbocycles. The van der Waals surface area contributed by atoms with Crippen molar-refractivity contribution in [3.8, 4) is 17.2 Å². The van der Waals surface area contributed by atoms with E-state index in [1.807, 2.05) is 0 Å². The number of rotatable bonds is 7. The van der Waals surface area contributed by atoms with Crippen LogP contribution in [0, 0.1) is 0 Å². The fourth-order valence-electron chi connectivity index (χ4n) is 5.23. The lowest BCUT2D eigenvalue weighted by atomic mass is 9.65. The van der Waals surface area contributed by atoms with Crippen LogP contribution in [0.3, 0.4) is 0 Å². The lowest BCUT2D eigenvalue weighted by molar-refractivity contribution is -0.123. The molecule has 2 aromatic carbocycles. The first kappa shape index (κ1) is 23.7. The molecule has 0 unspecified atom stereocenters. The maximum absolute atomic E-state index is 13.5. The second kappa shape index (κ2) is 8.91. The number of benzene rings is 2. The highest BCUT2D eigenvalue weighted by atomic mass is 32.2. The Morgan fingerprint density at radius 2 is 1.71 bits per heavy atom. The van der Waals surface area contributed by atoms with Crippen LogP contribution in [0.2, 0.25) is 0 Å². The Balaban J connectivity index is 1.55. The zero-order valence-corrected chi connectivity index (χ0v) is 21.0. The molecule has 2 aromatic rings. The van der Waals surface area contributed by atoms with Crippen molar-refractivity contribution in [2.24, 2.45) is 0 Å². The molecule has 5 rings (SSSR count). The fourth-order valence-corrected chi connectivity index (χ4v) is 6.59. The van der Waals surface area contributed by atoms with Gasteiger partial charge in [-0.1, -0.05) is 12.5 Å². The van der Waals surface area contributed by atoms with Gasteiger partial charge in [0.2, 0.25) is 5.91 Å². The first-order valence-electron chi connectivity index (χ1n) is 11.9. The van der Waals surface area contributed by atoms with E-state index in [1.165, 1.54) is 14.2 Å². The number of sulfonamides is 1. The van der Waals surface area contributed by atoms with E-state index in [1.54, 1.807) is 30.3 Å². The summed E-state index contributed by atoms with van der Waals surface area (Å²) in [4.78, 5) is 15.1. The zero-order chi connectivity index (χ0) is 24.8. The highest BCUT2D eigenvalue weighted by molar-refractivity contribution is 7.93. The van der Waals surface area contributed by atoms with E-state index >= 15 is 0 Å². The van der Waals surface area contributed by atoms with Crippen molar-refractivity contribution in [3.05, 3.63) is 35.9 Å². The van der Waals surface area contributed by atoms with Crippen molar-refractivity contribution >= 4 is 27.3 Å². The number of amides is 1. The van der Waals surface area contributed by atoms with E-state index in [0.29, 0.717) is 17.1 Å². The molecule has 0 radical (unpaired) electrons. The van der Waals surface area contributed by atoms with Crippen LogP contribution in [0.4, 0.5) is 11.4 Å². The van der Waals surface area contributed by atoms with Gasteiger partial charge in [-0.05, 0) is 56.5 Å². The van der Waals surface area contributed by atoms with Crippen LogP contribution in [0.5, 0.6) is 17.2 Å². The van der Waals surface area contributed by atoms with E-state index in [-0.39, 0.29) is 28.4 Å². The molecule has 188 valence electrons. The van der Waals surface area contributed by atoms with Crippen molar-refractivity contribution in [1.29, 1.82) is 0 Å². The third kappa shape index (κ3) is 4.08. The Bertz CT molecular complexity index is 1230. The molecule has 0 atom stereocenters. The molecule has 10 heteroatoms. The lowest BCUT2D eigenvalue weighted by Gasteiger charge is -2.36. The molecule has 35 heavy (non-hydrogen) atoms. The van der Waals surface area contributed by atoms with Crippen molar-refractivity contribution in [3.63, 3.8) is 0 Å². The van der Waals surface area contributed by atoms with E-state index in [2.05, 4.69) is 22.0 Å². The molecule has 2 N–H and O–H groups in total. The molecule has 0 bridgehead atoms. The number of piperidine rings is 1. The number of methoxy groups -OCH3 is 2. The summed E-state index contributed by atoms with van der Waals surface area (Å²) in [5.74, 6) is 0.804. The van der Waals surface area contributed by atoms with Gasteiger partial charge in [-0.15, -0.1) is 0 Å². The Morgan fingerprint density at radius 1 is 1.06 bits per heavy atom. The summed E-state index contributed by atoms with van der Waals surface area (Å²) in [6, 6.07) is 8.22. The second-order valence-corrected chi connectivity index (χ2v) is 11.1. The minimum atomic E-state index is -4.08. The summed E-state index contributed by atoms with van der Waals surface area (Å²) in [5.41, 5.74) is 1.17. The van der Waals surface area contributed by atoms with Gasteiger partial charge in [0.15, 0.2) is 4.90 Å². The van der Waals surface area contributed by atoms with Crippen LogP contribution in [0.25, 0.3) is 0 Å². The summed E-state index contributed by atoms with van der Waals surface area (Å²) in [6.07, 6.45) is 4.13. The third-order valence-electron chi connectivity index (χ3n) is 7.36. The van der Waals surface area contributed by atoms with Crippen molar-refractivity contribution in [2.75, 3.05) is 44.4 Å². The maximum Gasteiger partial charge on any atom is 0.269 e. The van der Waals surface area contributed by atoms with E-state index in [9.17, 15) is 13.2 Å². The maximum atomic E-state index is 13.5. The van der Waals surface area contributed by atoms with Crippen LogP contribution in [0.15, 0.2) is 35.2 Å². The molecular weight excluding hydrogens is 470 g/mol. The molecule has 1 amide bonds. The number of anilines is 2. The Hall–Kier alpha value is -2.98. The normalized spacial score (nSPS) is 19.6. The summed E-state index contributed by atoms with van der Waals surface area (Å²) in [6.45, 7) is 1.84. The van der Waals surface area contributed by atoms with Gasteiger partial charge >= 0.3 is 0 Å². The number of nitrogens with one attached hydrogen (secondary N) is 2. The van der Waals surface area contributed by atoms with Gasteiger partial charge in [-0.25, -0.2) is 8.42 Å². The van der Waals surface area contributed by atoms with Gasteiger partial charge in [-0.3, -0.25) is 9.52 Å². The Kier molecular flexibility index (Phi) is 6.04. The van der Waals surface area contributed by atoms with Crippen LogP contribution in [-0.4, -0.2) is 59.7 Å². The number of fused-ring (bicyclic) bond motifs is 2. The predicted molar refractivity (Wildman–Crippen MR) is 132 cm³/mol. The van der Waals surface area contributed by atoms with Gasteiger partial charge < -0.3 is 24.4 Å². The second-order valence-electron chi connectivity index (χ2n) is 9.50. The van der Waals surface area contributed by atoms with Gasteiger partial charge in [0.1, 0.15) is 23.4 Å². The van der Waals surface area contributed by atoms with Crippen LogP contribution >= 0.6 is 0 Å². The van der Waals surface area contributed by atoms with Gasteiger partial charge in [-0.2, -0.15) is 0 Å². The first-order chi connectivity index (χ1) is 16.8. The third-order valence-corrected chi connectivity index (χ3v) is 8.81. The summed E-state index contributed by atoms with van der Waals surface area (Å²) in [5, 5.41) is 3.02. The minimum Gasteiger partial charge on any atom is -0.495 e. The molecular formula is C25H31N3O6S. The molecule has 0 aromatic heterocycles. The number of hydrogen-bond donors (Lipinski definition) is 2. The van der Waals surface area contributed by atoms with Crippen molar-refractivity contribution in [2.45, 2.75) is 48.5 Å². The van der Waals surface area contributed by atoms with Gasteiger partial charge in [0.05, 0.1) is 31.0 Å². The molecule has 2 fully saturated rings. The zero-order valence-electron chi connectivity index (χ0n) is 20.2. The molecule has 2 heterocycles. The fraction of sp³-hybridized carbons (Fsp3) is 0.480. The van der Waals surface area contributed by atoms with Crippen molar-refractivity contribution in [1.82, 2.24) is 4.90 Å². The predicted octanol–water partition coefficient (Wildman–Crippen LogP) is 3.35. The molecule has 1 saturated heterocycles. The molecule has 1 spiro atoms. The minimum absolute atomic E-state index is 0.00805. The topological polar surface area (TPSA) is 106 Å². The largest absolute Gasteiger partial charge is 0.495 e. The first-order valence-corrected chi connectivity index (χ1v) is 13.3. The number of ether oxygens (including phenoxy) is 3. The lowest BCUT2D eigenvalue weighted by Crippen LogP contribution is -2.40. The number of hydrogen-bond acceptors (Lipinski definition) is 7. The number of likely N-dealkylation sites (tertiary alicyclic amines) is 1. The SMILES string of the molecule is COc1cccc(OC)c1S(=O)(=O)Nc1cc(OC2CCN(C)CC2)c2c(c1)C1(CCC1)C(=O)N2. The Labute approximate surface area is 205 Å². The number of nitrogens with zero attached hydrogens (tertiary/aromatic N) is 1. The highest BCUT2D eigenvalue weighted by Crippen LogP contribution is 2.54. The summed E-state index contributed by atoms with van der Waals surface area (Å²) in [7, 11) is 0.821. The van der Waals surface area contributed by atoms with Gasteiger partial charge in [0.25, 0.3) is 10.0 Å². The Morgan fingerprint density at radius 3 is 2.29 bits per heavy atom. The molecule has 3 aliphatic rings. The molecule has 1 saturated carbocycles. The smallest absolute Gasteiger partial charge is 0.269 e. The van der Waals surface area contributed by atoms with Crippen LogP contribution < -0.4 is 24.2 Å². The number of carbonyl (C=O) groups is 1. The van der Waals surface area contributed by atoms with Crippen LogP contribution in [0.1, 0.15) is 37.7 Å². The van der Waals surface area contributed by atoms with E-state index < -0.39 is 15.4 Å². The summed E-state index contributed by atoms with van der Waals surface area (Å²) >= 11 is 0. The van der Waals surface area contributed by atoms with Gasteiger partial charge in [0, 0.05) is 19.2 Å². The monoisotopic (exact) mass is 501 g/mol. The average Bonchev–Trinajstić information content (AvgIpc) is 3.12. The van der Waals surface area contributed by atoms with Crippen LogP contribution in [-0.2, 0) is 20.2 Å². The number of carbonyl (C=O) groups excluding carboxylic acids is 1. The molecule has 2 aliphatic heterocycles. The highest BCUT2D eigenvalue weighted by Gasteiger charge is 2.52. The standard InChI is InChI=1S/C25H31N3O6S/c1-28-12-8-17(9-13-28)34-21-15-16(14-18-22(21)26-24(29)25(18)10-5-11-25)27-35(30,31)23-19(32-2)6-4-7-20(23)33-3/h4,6-7,14-15,17,27H,5,8-13H2,1-3H3,(H,26,29). The van der Waals surface area contributed by atoms with E-state index in [4.69, 9.17) is 14.2 Å². The molecule has 9 nitrogen and oxygen atoms in total. The van der Waals surface area contributed by atoms with E-state index in [0.717, 1.165) is 50.8 Å². The quantitative estimate of drug-likeness (QED) is 0.599.